The van der Waals surface area contributed by atoms with Gasteiger partial charge in [-0.1, -0.05) is 37.3 Å². The first-order chi connectivity index (χ1) is 15.5. The van der Waals surface area contributed by atoms with E-state index in [0.717, 1.165) is 19.4 Å². The van der Waals surface area contributed by atoms with E-state index in [1.165, 1.54) is 26.4 Å². The maximum atomic E-state index is 13.1. The molecular weight excluding hydrogens is 420 g/mol. The van der Waals surface area contributed by atoms with Gasteiger partial charge in [0.2, 0.25) is 5.91 Å². The van der Waals surface area contributed by atoms with E-state index in [2.05, 4.69) is 48.3 Å². The predicted molar refractivity (Wildman–Crippen MR) is 130 cm³/mol. The molecule has 1 N–H and O–H groups in total. The summed E-state index contributed by atoms with van der Waals surface area (Å²) in [6.45, 7) is 5.62. The Bertz CT molecular complexity index is 1070. The van der Waals surface area contributed by atoms with Gasteiger partial charge in [-0.2, -0.15) is 0 Å². The van der Waals surface area contributed by atoms with Crippen molar-refractivity contribution >= 4 is 22.9 Å². The zero-order valence-corrected chi connectivity index (χ0v) is 19.9. The molecule has 5 nitrogen and oxygen atoms in total. The molecule has 168 valence electrons. The molecule has 1 atom stereocenters. The van der Waals surface area contributed by atoms with Gasteiger partial charge in [-0.05, 0) is 36.5 Å². The van der Waals surface area contributed by atoms with Crippen LogP contribution in [0.5, 0.6) is 11.5 Å². The highest BCUT2D eigenvalue weighted by atomic mass is 32.1. The monoisotopic (exact) mass is 450 g/mol. The molecule has 0 saturated heterocycles. The average Bonchev–Trinajstić information content (AvgIpc) is 3.13. The van der Waals surface area contributed by atoms with E-state index in [0.29, 0.717) is 23.7 Å². The molecule has 0 spiro atoms. The second-order valence-electron chi connectivity index (χ2n) is 8.02. The van der Waals surface area contributed by atoms with Crippen LogP contribution in [-0.2, 0) is 17.6 Å². The lowest BCUT2D eigenvalue weighted by atomic mass is 9.91. The number of carbonyl (C=O) groups is 1. The first kappa shape index (κ1) is 22.4. The molecule has 1 unspecified atom stereocenters. The number of aryl methyl sites for hydroxylation is 1. The van der Waals surface area contributed by atoms with Gasteiger partial charge in [0.25, 0.3) is 0 Å². The molecule has 2 aromatic carbocycles. The van der Waals surface area contributed by atoms with Gasteiger partial charge >= 0.3 is 0 Å². The minimum atomic E-state index is -0.0475. The van der Waals surface area contributed by atoms with Crippen LogP contribution in [0.4, 0.5) is 5.69 Å². The number of anilines is 1. The van der Waals surface area contributed by atoms with Gasteiger partial charge < -0.3 is 14.8 Å². The Labute approximate surface area is 194 Å². The van der Waals surface area contributed by atoms with Gasteiger partial charge in [0, 0.05) is 40.2 Å². The maximum absolute atomic E-state index is 13.1. The van der Waals surface area contributed by atoms with Crippen LogP contribution < -0.4 is 14.8 Å². The number of rotatable bonds is 7. The number of thiophene rings is 1. The standard InChI is InChI=1S/C26H30N2O3S/c1-5-22-17(2)32-26-23(22)11-12-28(25(26)18-9-7-6-8-10-18)16-24(29)27-19-13-20(30-3)15-21(14-19)31-4/h6-10,13-15,25H,5,11-12,16H2,1-4H3,(H,27,29). The molecule has 6 heteroatoms. The molecule has 0 bridgehead atoms. The smallest absolute Gasteiger partial charge is 0.238 e. The zero-order valence-electron chi connectivity index (χ0n) is 19.1. The van der Waals surface area contributed by atoms with Crippen molar-refractivity contribution in [3.8, 4) is 11.5 Å². The topological polar surface area (TPSA) is 50.8 Å². The highest BCUT2D eigenvalue weighted by Gasteiger charge is 2.33. The van der Waals surface area contributed by atoms with E-state index < -0.39 is 0 Å². The van der Waals surface area contributed by atoms with Crippen molar-refractivity contribution in [1.82, 2.24) is 4.90 Å². The molecule has 1 aliphatic heterocycles. The Hall–Kier alpha value is -2.83. The van der Waals surface area contributed by atoms with E-state index in [-0.39, 0.29) is 11.9 Å². The molecule has 0 aliphatic carbocycles. The highest BCUT2D eigenvalue weighted by Crippen LogP contribution is 2.42. The van der Waals surface area contributed by atoms with Crippen molar-refractivity contribution in [2.75, 3.05) is 32.6 Å². The SMILES string of the molecule is CCc1c(C)sc2c1CCN(CC(=O)Nc1cc(OC)cc(OC)c1)C2c1ccccc1. The molecule has 32 heavy (non-hydrogen) atoms. The van der Waals surface area contributed by atoms with E-state index in [9.17, 15) is 4.79 Å². The predicted octanol–water partition coefficient (Wildman–Crippen LogP) is 5.22. The van der Waals surface area contributed by atoms with Gasteiger partial charge in [0.05, 0.1) is 26.8 Å². The second kappa shape index (κ2) is 9.76. The van der Waals surface area contributed by atoms with Crippen molar-refractivity contribution in [2.24, 2.45) is 0 Å². The molecular formula is C26H30N2O3S. The lowest BCUT2D eigenvalue weighted by molar-refractivity contribution is -0.117. The van der Waals surface area contributed by atoms with Crippen LogP contribution in [0.25, 0.3) is 0 Å². The first-order valence-electron chi connectivity index (χ1n) is 11.0. The normalized spacial score (nSPS) is 15.8. The molecule has 0 fully saturated rings. The van der Waals surface area contributed by atoms with E-state index in [1.54, 1.807) is 32.4 Å². The van der Waals surface area contributed by atoms with Crippen LogP contribution in [0.1, 0.15) is 39.4 Å². The van der Waals surface area contributed by atoms with Crippen LogP contribution in [-0.4, -0.2) is 38.1 Å². The number of hydrogen-bond donors (Lipinski definition) is 1. The Morgan fingerprint density at radius 3 is 2.44 bits per heavy atom. The summed E-state index contributed by atoms with van der Waals surface area (Å²) < 4.78 is 10.7. The molecule has 0 saturated carbocycles. The number of ether oxygens (including phenoxy) is 2. The quantitative estimate of drug-likeness (QED) is 0.536. The number of amides is 1. The maximum Gasteiger partial charge on any atom is 0.238 e. The van der Waals surface area contributed by atoms with Crippen LogP contribution in [0, 0.1) is 6.92 Å². The molecule has 1 amide bonds. The van der Waals surface area contributed by atoms with Gasteiger partial charge in [0.1, 0.15) is 11.5 Å². The zero-order chi connectivity index (χ0) is 22.7. The highest BCUT2D eigenvalue weighted by molar-refractivity contribution is 7.12. The average molecular weight is 451 g/mol. The fraction of sp³-hybridized carbons (Fsp3) is 0.346. The lowest BCUT2D eigenvalue weighted by Gasteiger charge is -2.36. The number of carbonyl (C=O) groups excluding carboxylic acids is 1. The number of nitrogens with one attached hydrogen (secondary N) is 1. The molecule has 2 heterocycles. The third-order valence-corrected chi connectivity index (χ3v) is 7.31. The van der Waals surface area contributed by atoms with E-state index >= 15 is 0 Å². The largest absolute Gasteiger partial charge is 0.497 e. The minimum Gasteiger partial charge on any atom is -0.497 e. The van der Waals surface area contributed by atoms with Gasteiger partial charge in [-0.3, -0.25) is 9.69 Å². The number of methoxy groups -OCH3 is 2. The molecule has 1 aromatic heterocycles. The molecule has 0 radical (unpaired) electrons. The second-order valence-corrected chi connectivity index (χ2v) is 9.27. The van der Waals surface area contributed by atoms with Crippen molar-refractivity contribution < 1.29 is 14.3 Å². The summed E-state index contributed by atoms with van der Waals surface area (Å²) in [6.07, 6.45) is 2.03. The summed E-state index contributed by atoms with van der Waals surface area (Å²) in [4.78, 5) is 18.1. The van der Waals surface area contributed by atoms with Crippen molar-refractivity contribution in [3.63, 3.8) is 0 Å². The van der Waals surface area contributed by atoms with E-state index in [4.69, 9.17) is 9.47 Å². The summed E-state index contributed by atoms with van der Waals surface area (Å²) in [6, 6.07) is 16.0. The number of nitrogens with zero attached hydrogens (tertiary/aromatic N) is 1. The third-order valence-electron chi connectivity index (χ3n) is 6.06. The third kappa shape index (κ3) is 4.52. The summed E-state index contributed by atoms with van der Waals surface area (Å²) >= 11 is 1.88. The number of fused-ring (bicyclic) bond motifs is 1. The summed E-state index contributed by atoms with van der Waals surface area (Å²) in [5.74, 6) is 1.24. The molecule has 3 aromatic rings. The van der Waals surface area contributed by atoms with Gasteiger partial charge in [-0.25, -0.2) is 0 Å². The lowest BCUT2D eigenvalue weighted by Crippen LogP contribution is -2.40. The summed E-state index contributed by atoms with van der Waals surface area (Å²) in [7, 11) is 3.20. The molecule has 4 rings (SSSR count). The molecule has 1 aliphatic rings. The Morgan fingerprint density at radius 1 is 1.12 bits per heavy atom. The van der Waals surface area contributed by atoms with Crippen LogP contribution >= 0.6 is 11.3 Å². The van der Waals surface area contributed by atoms with Crippen molar-refractivity contribution in [3.05, 3.63) is 75.0 Å². The number of benzene rings is 2. The fourth-order valence-electron chi connectivity index (χ4n) is 4.59. The van der Waals surface area contributed by atoms with Crippen LogP contribution in [0.3, 0.4) is 0 Å². The Balaban J connectivity index is 1.60. The Kier molecular flexibility index (Phi) is 6.82. The number of hydrogen-bond acceptors (Lipinski definition) is 5. The van der Waals surface area contributed by atoms with Crippen molar-refractivity contribution in [2.45, 2.75) is 32.7 Å². The summed E-state index contributed by atoms with van der Waals surface area (Å²) in [5, 5.41) is 3.03. The van der Waals surface area contributed by atoms with Gasteiger partial charge in [-0.15, -0.1) is 11.3 Å². The first-order valence-corrected chi connectivity index (χ1v) is 11.8. The van der Waals surface area contributed by atoms with Crippen LogP contribution in [0.15, 0.2) is 48.5 Å². The van der Waals surface area contributed by atoms with E-state index in [1.807, 2.05) is 17.4 Å². The fourth-order valence-corrected chi connectivity index (χ4v) is 6.06. The van der Waals surface area contributed by atoms with Crippen LogP contribution in [0.2, 0.25) is 0 Å². The van der Waals surface area contributed by atoms with Crippen molar-refractivity contribution in [1.29, 1.82) is 0 Å². The van der Waals surface area contributed by atoms with Gasteiger partial charge in [0.15, 0.2) is 0 Å². The Morgan fingerprint density at radius 2 is 1.81 bits per heavy atom. The minimum absolute atomic E-state index is 0.0475. The summed E-state index contributed by atoms with van der Waals surface area (Å²) in [5.41, 5.74) is 4.87.